The molecule has 12 unspecified atom stereocenters. The molecule has 5 aliphatic rings. The zero-order chi connectivity index (χ0) is 39.8. The second-order valence-electron chi connectivity index (χ2n) is 15.1. The highest BCUT2D eigenvalue weighted by atomic mass is 16.8. The lowest BCUT2D eigenvalue weighted by Gasteiger charge is -2.35. The molecular formula is C33H50O21. The third-order valence-corrected chi connectivity index (χ3v) is 11.1. The monoisotopic (exact) mass is 782 g/mol. The average Bonchev–Trinajstić information content (AvgIpc) is 3.42. The van der Waals surface area contributed by atoms with Crippen LogP contribution in [0.5, 0.6) is 0 Å². The molecule has 0 bridgehead atoms. The predicted octanol–water partition coefficient (Wildman–Crippen LogP) is -6.41. The van der Waals surface area contributed by atoms with Crippen molar-refractivity contribution in [1.82, 2.24) is 0 Å². The van der Waals surface area contributed by atoms with Gasteiger partial charge in [-0.15, -0.1) is 0 Å². The van der Waals surface area contributed by atoms with Crippen molar-refractivity contribution in [2.24, 2.45) is 23.7 Å². The molecule has 4 aliphatic carbocycles. The third-order valence-electron chi connectivity index (χ3n) is 11.1. The topological polar surface area (TPSA) is 357 Å². The van der Waals surface area contributed by atoms with Crippen molar-refractivity contribution in [3.63, 3.8) is 0 Å². The second kappa shape index (κ2) is 17.7. The van der Waals surface area contributed by atoms with Crippen molar-refractivity contribution >= 4 is 23.9 Å². The fraction of sp³-hybridized carbons (Fsp3) is 0.879. The summed E-state index contributed by atoms with van der Waals surface area (Å²) in [6.45, 7) is -0.793. The Morgan fingerprint density at radius 3 is 1.02 bits per heavy atom. The van der Waals surface area contributed by atoms with E-state index in [-0.39, 0.29) is 51.4 Å². The van der Waals surface area contributed by atoms with Gasteiger partial charge < -0.3 is 85.0 Å². The van der Waals surface area contributed by atoms with E-state index in [1.807, 2.05) is 0 Å². The zero-order valence-electron chi connectivity index (χ0n) is 29.0. The maximum absolute atomic E-state index is 13.5. The minimum atomic E-state index is -1.95. The van der Waals surface area contributed by atoms with Crippen molar-refractivity contribution < 1.29 is 104 Å². The van der Waals surface area contributed by atoms with Crippen LogP contribution in [0.2, 0.25) is 0 Å². The first kappa shape index (κ1) is 42.5. The van der Waals surface area contributed by atoms with Crippen LogP contribution >= 0.6 is 0 Å². The molecule has 0 aromatic rings. The second-order valence-corrected chi connectivity index (χ2v) is 15.1. The molecule has 0 spiro atoms. The van der Waals surface area contributed by atoms with E-state index in [4.69, 9.17) is 23.7 Å². The van der Waals surface area contributed by atoms with E-state index < -0.39 is 152 Å². The highest BCUT2D eigenvalue weighted by Crippen LogP contribution is 2.36. The summed E-state index contributed by atoms with van der Waals surface area (Å²) < 4.78 is 28.1. The number of carbonyl (C=O) groups excluding carboxylic acids is 4. The van der Waals surface area contributed by atoms with Gasteiger partial charge in [0.25, 0.3) is 0 Å². The Balaban J connectivity index is 1.41. The lowest BCUT2D eigenvalue weighted by Crippen LogP contribution is -2.50. The van der Waals surface area contributed by atoms with Crippen molar-refractivity contribution in [2.75, 3.05) is 6.61 Å². The van der Waals surface area contributed by atoms with Gasteiger partial charge in [0.05, 0.1) is 72.5 Å². The zero-order valence-corrected chi connectivity index (χ0v) is 29.0. The van der Waals surface area contributed by atoms with Crippen LogP contribution in [0.4, 0.5) is 0 Å². The molecule has 0 aromatic heterocycles. The molecule has 0 amide bonds. The van der Waals surface area contributed by atoms with E-state index in [1.54, 1.807) is 0 Å². The van der Waals surface area contributed by atoms with Gasteiger partial charge in [-0.05, 0) is 51.4 Å². The molecule has 1 saturated heterocycles. The van der Waals surface area contributed by atoms with Gasteiger partial charge in [0.2, 0.25) is 12.4 Å². The summed E-state index contributed by atoms with van der Waals surface area (Å²) in [7, 11) is 0. The summed E-state index contributed by atoms with van der Waals surface area (Å²) in [5, 5.41) is 121. The van der Waals surface area contributed by atoms with Crippen molar-refractivity contribution in [3.05, 3.63) is 0 Å². The van der Waals surface area contributed by atoms with Gasteiger partial charge in [0.1, 0.15) is 37.1 Å². The number of ether oxygens (including phenoxy) is 5. The third kappa shape index (κ3) is 9.48. The number of rotatable bonds is 9. The summed E-state index contributed by atoms with van der Waals surface area (Å²) in [6, 6.07) is 0. The molecule has 1 aliphatic heterocycles. The van der Waals surface area contributed by atoms with Crippen LogP contribution in [0.3, 0.4) is 0 Å². The van der Waals surface area contributed by atoms with Crippen molar-refractivity contribution in [2.45, 2.75) is 149 Å². The molecule has 5 fully saturated rings. The van der Waals surface area contributed by atoms with Gasteiger partial charge in [0, 0.05) is 0 Å². The number of hydrogen-bond donors (Lipinski definition) is 12. The van der Waals surface area contributed by atoms with Gasteiger partial charge in [-0.1, -0.05) is 0 Å². The van der Waals surface area contributed by atoms with Crippen molar-refractivity contribution in [3.8, 4) is 0 Å². The molecule has 4 saturated carbocycles. The van der Waals surface area contributed by atoms with Gasteiger partial charge in [-0.2, -0.15) is 0 Å². The van der Waals surface area contributed by atoms with E-state index in [0.717, 1.165) is 0 Å². The SMILES string of the molecule is O=C(OCC1OC(OC(=O)C2CC(O)C(O)C(O)C2)C(OC(=O)C2CC(O)C(O)C(O)C2)C1OC(=O)C1CC(O)C(O)C(O)C1)C1CC(O)C(O)C(O)C1. The van der Waals surface area contributed by atoms with E-state index >= 15 is 0 Å². The molecule has 21 heteroatoms. The molecular weight excluding hydrogens is 732 g/mol. The standard InChI is InChI=1S/C33H50O21/c34-14-1-10(2-15(35)23(14)42)29(46)50-9-22-27(52-30(47)11-3-16(36)24(43)17(37)4-11)28(53-31(48)12-5-18(38)25(44)19(39)6-12)33(51-22)54-32(49)13-7-20(40)26(45)21(41)8-13/h10-28,33-45H,1-9H2. The number of carbonyl (C=O) groups is 4. The maximum atomic E-state index is 13.5. The van der Waals surface area contributed by atoms with E-state index in [1.165, 1.54) is 0 Å². The average molecular weight is 783 g/mol. The molecule has 5 rings (SSSR count). The lowest BCUT2D eigenvalue weighted by atomic mass is 9.83. The summed E-state index contributed by atoms with van der Waals surface area (Å²) in [5.41, 5.74) is 0. The first-order valence-electron chi connectivity index (χ1n) is 18.0. The van der Waals surface area contributed by atoms with Crippen LogP contribution < -0.4 is 0 Å². The Kier molecular flexibility index (Phi) is 13.9. The Bertz CT molecular complexity index is 1280. The predicted molar refractivity (Wildman–Crippen MR) is 168 cm³/mol. The minimum absolute atomic E-state index is 0.290. The first-order chi connectivity index (χ1) is 25.4. The van der Waals surface area contributed by atoms with Gasteiger partial charge in [-0.3, -0.25) is 19.2 Å². The van der Waals surface area contributed by atoms with Crippen LogP contribution in [0, 0.1) is 23.7 Å². The van der Waals surface area contributed by atoms with Gasteiger partial charge in [0.15, 0.2) is 6.10 Å². The fourth-order valence-electron chi connectivity index (χ4n) is 7.77. The van der Waals surface area contributed by atoms with Crippen LogP contribution in [0.1, 0.15) is 51.4 Å². The molecule has 12 N–H and O–H groups in total. The highest BCUT2D eigenvalue weighted by Gasteiger charge is 2.55. The Hall–Kier alpha value is -2.64. The summed E-state index contributed by atoms with van der Waals surface area (Å²) in [4.78, 5) is 53.5. The van der Waals surface area contributed by atoms with Gasteiger partial charge in [-0.25, -0.2) is 0 Å². The normalized spacial score (nSPS) is 47.0. The number of aliphatic hydroxyl groups is 12. The Morgan fingerprint density at radius 1 is 0.407 bits per heavy atom. The van der Waals surface area contributed by atoms with Crippen LogP contribution in [-0.4, -0.2) is 190 Å². The molecule has 12 atom stereocenters. The number of hydrogen-bond acceptors (Lipinski definition) is 21. The van der Waals surface area contributed by atoms with Crippen molar-refractivity contribution in [1.29, 1.82) is 0 Å². The highest BCUT2D eigenvalue weighted by molar-refractivity contribution is 5.75. The number of esters is 4. The fourth-order valence-corrected chi connectivity index (χ4v) is 7.77. The van der Waals surface area contributed by atoms with E-state index in [0.29, 0.717) is 0 Å². The summed E-state index contributed by atoms with van der Waals surface area (Å²) in [5.74, 6) is -9.16. The smallest absolute Gasteiger partial charge is 0.311 e. The molecule has 21 nitrogen and oxygen atoms in total. The Labute approximate surface area is 307 Å². The molecule has 308 valence electrons. The van der Waals surface area contributed by atoms with Crippen LogP contribution in [-0.2, 0) is 42.9 Å². The van der Waals surface area contributed by atoms with E-state index in [2.05, 4.69) is 0 Å². The quantitative estimate of drug-likeness (QED) is 0.0764. The van der Waals surface area contributed by atoms with Gasteiger partial charge >= 0.3 is 23.9 Å². The maximum Gasteiger partial charge on any atom is 0.311 e. The first-order valence-corrected chi connectivity index (χ1v) is 18.0. The summed E-state index contributed by atoms with van der Waals surface area (Å²) >= 11 is 0. The molecule has 1 heterocycles. The molecule has 0 aromatic carbocycles. The largest absolute Gasteiger partial charge is 0.463 e. The number of aliphatic hydroxyl groups excluding tert-OH is 12. The van der Waals surface area contributed by atoms with Crippen LogP contribution in [0.15, 0.2) is 0 Å². The minimum Gasteiger partial charge on any atom is -0.463 e. The lowest BCUT2D eigenvalue weighted by molar-refractivity contribution is -0.210. The van der Waals surface area contributed by atoms with Crippen LogP contribution in [0.25, 0.3) is 0 Å². The Morgan fingerprint density at radius 2 is 0.685 bits per heavy atom. The molecule has 54 heavy (non-hydrogen) atoms. The van der Waals surface area contributed by atoms with E-state index in [9.17, 15) is 80.5 Å². The summed E-state index contributed by atoms with van der Waals surface area (Å²) in [6.07, 6.45) is -28.4. The molecule has 0 radical (unpaired) electrons.